The molecule has 1 amide bonds. The van der Waals surface area contributed by atoms with E-state index in [4.69, 9.17) is 0 Å². The molecule has 2 aromatic rings. The number of carbonyl (C=O) groups is 1. The number of nitrogens with one attached hydrogen (secondary N) is 1. The summed E-state index contributed by atoms with van der Waals surface area (Å²) < 4.78 is 14.5. The molecule has 0 saturated carbocycles. The molecule has 100 valence electrons. The van der Waals surface area contributed by atoms with E-state index >= 15 is 0 Å². The smallest absolute Gasteiger partial charge is 0.270 e. The highest BCUT2D eigenvalue weighted by Gasteiger charge is 2.21. The van der Waals surface area contributed by atoms with E-state index in [-0.39, 0.29) is 17.8 Å². The summed E-state index contributed by atoms with van der Waals surface area (Å²) in [4.78, 5) is 16.6. The van der Waals surface area contributed by atoms with Crippen molar-refractivity contribution in [2.45, 2.75) is 13.0 Å². The van der Waals surface area contributed by atoms with E-state index in [0.717, 1.165) is 4.47 Å². The molecular weight excluding hydrogens is 311 g/mol. The highest BCUT2D eigenvalue weighted by atomic mass is 79.9. The lowest BCUT2D eigenvalue weighted by molar-refractivity contribution is 0.0735. The van der Waals surface area contributed by atoms with Crippen LogP contribution in [0.5, 0.6) is 0 Å². The van der Waals surface area contributed by atoms with Gasteiger partial charge in [0.1, 0.15) is 11.5 Å². The van der Waals surface area contributed by atoms with Crippen molar-refractivity contribution in [3.63, 3.8) is 0 Å². The van der Waals surface area contributed by atoms with Gasteiger partial charge >= 0.3 is 0 Å². The molecule has 0 spiro atoms. The predicted octanol–water partition coefficient (Wildman–Crippen LogP) is 3.75. The molecule has 5 heteroatoms. The Balaban J connectivity index is 2.22. The lowest BCUT2D eigenvalue weighted by atomic mass is 10.1. The molecule has 1 aromatic carbocycles. The largest absolute Gasteiger partial charge is 0.356 e. The average Bonchev–Trinajstić information content (AvgIpc) is 2.83. The highest BCUT2D eigenvalue weighted by Crippen LogP contribution is 2.23. The van der Waals surface area contributed by atoms with E-state index in [1.165, 1.54) is 11.0 Å². The number of halogens is 2. The molecule has 19 heavy (non-hydrogen) atoms. The van der Waals surface area contributed by atoms with Crippen LogP contribution in [0.25, 0.3) is 0 Å². The van der Waals surface area contributed by atoms with Crippen LogP contribution < -0.4 is 0 Å². The van der Waals surface area contributed by atoms with Crippen molar-refractivity contribution in [2.24, 2.45) is 0 Å². The molecule has 2 rings (SSSR count). The Morgan fingerprint density at radius 1 is 1.42 bits per heavy atom. The molecule has 0 fully saturated rings. The first kappa shape index (κ1) is 13.8. The normalized spacial score (nSPS) is 12.2. The van der Waals surface area contributed by atoms with Crippen molar-refractivity contribution in [1.29, 1.82) is 0 Å². The summed E-state index contributed by atoms with van der Waals surface area (Å²) in [5, 5.41) is 0. The van der Waals surface area contributed by atoms with Gasteiger partial charge in [0.2, 0.25) is 0 Å². The number of nitrogens with zero attached hydrogens (tertiary/aromatic N) is 1. The third kappa shape index (κ3) is 2.87. The number of H-pyrrole nitrogens is 1. The van der Waals surface area contributed by atoms with Gasteiger partial charge in [-0.25, -0.2) is 4.39 Å². The molecule has 1 aromatic heterocycles. The maximum Gasteiger partial charge on any atom is 0.270 e. The maximum atomic E-state index is 13.7. The number of carbonyl (C=O) groups excluding carboxylic acids is 1. The minimum atomic E-state index is -0.337. The number of benzene rings is 1. The van der Waals surface area contributed by atoms with E-state index < -0.39 is 0 Å². The zero-order valence-electron chi connectivity index (χ0n) is 10.7. The summed E-state index contributed by atoms with van der Waals surface area (Å²) in [5.74, 6) is -0.483. The molecule has 1 N–H and O–H groups in total. The quantitative estimate of drug-likeness (QED) is 0.917. The number of aromatic amines is 1. The molecule has 0 aliphatic heterocycles. The molecule has 1 heterocycles. The topological polar surface area (TPSA) is 36.1 Å². The lowest BCUT2D eigenvalue weighted by Crippen LogP contribution is -2.30. The Morgan fingerprint density at radius 2 is 2.11 bits per heavy atom. The minimum Gasteiger partial charge on any atom is -0.356 e. The van der Waals surface area contributed by atoms with Gasteiger partial charge in [-0.2, -0.15) is 0 Å². The van der Waals surface area contributed by atoms with Crippen LogP contribution in [0.4, 0.5) is 4.39 Å². The molecule has 3 nitrogen and oxygen atoms in total. The van der Waals surface area contributed by atoms with E-state index in [1.807, 2.05) is 0 Å². The Labute approximate surface area is 119 Å². The van der Waals surface area contributed by atoms with Gasteiger partial charge < -0.3 is 9.88 Å². The van der Waals surface area contributed by atoms with Gasteiger partial charge in [-0.15, -0.1) is 0 Å². The van der Waals surface area contributed by atoms with Crippen LogP contribution in [-0.4, -0.2) is 22.8 Å². The Hall–Kier alpha value is -1.62. The van der Waals surface area contributed by atoms with Crippen LogP contribution in [-0.2, 0) is 0 Å². The third-order valence-electron chi connectivity index (χ3n) is 3.13. The SMILES string of the molecule is CC(c1ccccc1F)N(C)C(=O)c1cc(Br)c[nH]1. The number of hydrogen-bond donors (Lipinski definition) is 1. The fourth-order valence-electron chi connectivity index (χ4n) is 1.88. The molecule has 0 saturated heterocycles. The van der Waals surface area contributed by atoms with Crippen LogP contribution in [0.1, 0.15) is 29.0 Å². The summed E-state index contributed by atoms with van der Waals surface area (Å²) in [6, 6.07) is 7.85. The van der Waals surface area contributed by atoms with Crippen molar-refractivity contribution in [1.82, 2.24) is 9.88 Å². The Morgan fingerprint density at radius 3 is 2.68 bits per heavy atom. The molecule has 1 unspecified atom stereocenters. The summed E-state index contributed by atoms with van der Waals surface area (Å²) >= 11 is 3.28. The number of aromatic nitrogens is 1. The lowest BCUT2D eigenvalue weighted by Gasteiger charge is -2.25. The average molecular weight is 325 g/mol. The second kappa shape index (κ2) is 5.57. The van der Waals surface area contributed by atoms with Crippen molar-refractivity contribution < 1.29 is 9.18 Å². The van der Waals surface area contributed by atoms with Crippen LogP contribution in [0.2, 0.25) is 0 Å². The van der Waals surface area contributed by atoms with E-state index in [9.17, 15) is 9.18 Å². The van der Waals surface area contributed by atoms with Crippen molar-refractivity contribution in [3.05, 3.63) is 58.1 Å². The fraction of sp³-hybridized carbons (Fsp3) is 0.214. The van der Waals surface area contributed by atoms with Crippen LogP contribution >= 0.6 is 15.9 Å². The highest BCUT2D eigenvalue weighted by molar-refractivity contribution is 9.10. The van der Waals surface area contributed by atoms with Crippen LogP contribution in [0, 0.1) is 5.82 Å². The van der Waals surface area contributed by atoms with Crippen molar-refractivity contribution in [3.8, 4) is 0 Å². The van der Waals surface area contributed by atoms with E-state index in [1.54, 1.807) is 44.4 Å². The second-order valence-corrected chi connectivity index (χ2v) is 5.26. The van der Waals surface area contributed by atoms with Gasteiger partial charge in [-0.3, -0.25) is 4.79 Å². The van der Waals surface area contributed by atoms with E-state index in [2.05, 4.69) is 20.9 Å². The number of hydrogen-bond acceptors (Lipinski definition) is 1. The zero-order valence-corrected chi connectivity index (χ0v) is 12.2. The van der Waals surface area contributed by atoms with Crippen LogP contribution in [0.15, 0.2) is 41.0 Å². The first-order valence-corrected chi connectivity index (χ1v) is 6.65. The van der Waals surface area contributed by atoms with Crippen molar-refractivity contribution >= 4 is 21.8 Å². The summed E-state index contributed by atoms with van der Waals surface area (Å²) in [5.41, 5.74) is 0.974. The first-order valence-electron chi connectivity index (χ1n) is 5.86. The predicted molar refractivity (Wildman–Crippen MR) is 75.4 cm³/mol. The molecule has 0 aliphatic carbocycles. The standard InChI is InChI=1S/C14H14BrFN2O/c1-9(11-5-3-4-6-12(11)16)18(2)14(19)13-7-10(15)8-17-13/h3-9,17H,1-2H3. The van der Waals surface area contributed by atoms with Crippen molar-refractivity contribution in [2.75, 3.05) is 7.05 Å². The molecule has 1 atom stereocenters. The Bertz CT molecular complexity index is 597. The van der Waals surface area contributed by atoms with Gasteiger partial charge in [0.15, 0.2) is 0 Å². The summed E-state index contributed by atoms with van der Waals surface area (Å²) in [6.45, 7) is 1.80. The molecule has 0 aliphatic rings. The summed E-state index contributed by atoms with van der Waals surface area (Å²) in [6.07, 6.45) is 1.69. The van der Waals surface area contributed by atoms with Gasteiger partial charge in [0, 0.05) is 23.3 Å². The van der Waals surface area contributed by atoms with Crippen LogP contribution in [0.3, 0.4) is 0 Å². The third-order valence-corrected chi connectivity index (χ3v) is 3.59. The maximum absolute atomic E-state index is 13.7. The molecule has 0 radical (unpaired) electrons. The number of rotatable bonds is 3. The van der Waals surface area contributed by atoms with Gasteiger partial charge in [-0.1, -0.05) is 18.2 Å². The zero-order chi connectivity index (χ0) is 14.0. The first-order chi connectivity index (χ1) is 9.00. The van der Waals surface area contributed by atoms with Gasteiger partial charge in [0.25, 0.3) is 5.91 Å². The monoisotopic (exact) mass is 324 g/mol. The Kier molecular flexibility index (Phi) is 4.04. The van der Waals surface area contributed by atoms with E-state index in [0.29, 0.717) is 11.3 Å². The fourth-order valence-corrected chi connectivity index (χ4v) is 2.22. The summed E-state index contributed by atoms with van der Waals surface area (Å²) in [7, 11) is 1.66. The number of amides is 1. The minimum absolute atomic E-state index is 0.179. The molecule has 0 bridgehead atoms. The van der Waals surface area contributed by atoms with Gasteiger partial charge in [0.05, 0.1) is 6.04 Å². The van der Waals surface area contributed by atoms with Gasteiger partial charge in [-0.05, 0) is 35.0 Å². The second-order valence-electron chi connectivity index (χ2n) is 4.35. The molecular formula is C14H14BrFN2O.